The minimum atomic E-state index is -4.83. The van der Waals surface area contributed by atoms with Gasteiger partial charge in [0.05, 0.1) is 18.8 Å². The number of ether oxygens (including phenoxy) is 2. The summed E-state index contributed by atoms with van der Waals surface area (Å²) in [7, 11) is 0. The molecule has 2 atom stereocenters. The lowest BCUT2D eigenvalue weighted by Gasteiger charge is -2.41. The molecule has 0 radical (unpaired) electrons. The minimum absolute atomic E-state index is 0.0106. The van der Waals surface area contributed by atoms with Gasteiger partial charge < -0.3 is 18.8 Å². The normalized spacial score (nSPS) is 19.8. The molecule has 0 spiro atoms. The first-order valence-electron chi connectivity index (χ1n) is 7.47. The maximum absolute atomic E-state index is 13.1. The number of oxazole rings is 1. The van der Waals surface area contributed by atoms with Crippen LogP contribution in [0.25, 0.3) is 0 Å². The van der Waals surface area contributed by atoms with E-state index in [9.17, 15) is 22.4 Å². The minimum Gasteiger partial charge on any atom is -0.482 e. The zero-order valence-electron chi connectivity index (χ0n) is 13.4. The topological polar surface area (TPSA) is 77.7 Å². The molecule has 2 aromatic heterocycles. The summed E-state index contributed by atoms with van der Waals surface area (Å²) in [5.74, 6) is -0.836. The van der Waals surface area contributed by atoms with Crippen molar-refractivity contribution in [1.29, 1.82) is 0 Å². The average Bonchev–Trinajstić information content (AvgIpc) is 3.06. The van der Waals surface area contributed by atoms with Crippen LogP contribution in [-0.4, -0.2) is 45.9 Å². The summed E-state index contributed by atoms with van der Waals surface area (Å²) in [4.78, 5) is 20.8. The number of carbonyl (C=O) groups excluding carboxylic acids is 1. The monoisotopic (exact) mass is 375 g/mol. The molecule has 0 aliphatic carbocycles. The summed E-state index contributed by atoms with van der Waals surface area (Å²) >= 11 is 0. The Kier molecular flexibility index (Phi) is 4.70. The Morgan fingerprint density at radius 3 is 2.77 bits per heavy atom. The van der Waals surface area contributed by atoms with Gasteiger partial charge in [0.15, 0.2) is 12.3 Å². The number of hydrogen-bond donors (Lipinski definition) is 0. The molecule has 11 heteroatoms. The van der Waals surface area contributed by atoms with Crippen LogP contribution < -0.4 is 9.47 Å². The third kappa shape index (κ3) is 4.03. The molecule has 1 aliphatic rings. The van der Waals surface area contributed by atoms with E-state index in [-0.39, 0.29) is 30.5 Å². The fourth-order valence-corrected chi connectivity index (χ4v) is 2.23. The molecule has 1 amide bonds. The average molecular weight is 375 g/mol. The molecule has 26 heavy (non-hydrogen) atoms. The second-order valence-corrected chi connectivity index (χ2v) is 5.51. The van der Waals surface area contributed by atoms with Crippen molar-refractivity contribution in [2.75, 3.05) is 6.54 Å². The van der Waals surface area contributed by atoms with Gasteiger partial charge in [-0.25, -0.2) is 14.4 Å². The molecule has 0 aromatic carbocycles. The SMILES string of the molecule is CC1C(F)CN1C(=O)c1coc(COc2ccc(OC(F)(F)F)nc2)n1. The third-order valence-electron chi connectivity index (χ3n) is 3.71. The van der Waals surface area contributed by atoms with E-state index in [0.717, 1.165) is 18.5 Å². The fraction of sp³-hybridized carbons (Fsp3) is 0.400. The number of hydrogen-bond acceptors (Lipinski definition) is 6. The molecule has 0 N–H and O–H groups in total. The Morgan fingerprint density at radius 1 is 1.42 bits per heavy atom. The van der Waals surface area contributed by atoms with Crippen LogP contribution >= 0.6 is 0 Å². The van der Waals surface area contributed by atoms with Gasteiger partial charge in [0, 0.05) is 6.07 Å². The highest BCUT2D eigenvalue weighted by molar-refractivity contribution is 5.92. The summed E-state index contributed by atoms with van der Waals surface area (Å²) < 4.78 is 63.3. The van der Waals surface area contributed by atoms with E-state index in [1.165, 1.54) is 11.0 Å². The van der Waals surface area contributed by atoms with Crippen LogP contribution in [0.5, 0.6) is 11.6 Å². The predicted octanol–water partition coefficient (Wildman–Crippen LogP) is 2.73. The molecule has 3 heterocycles. The fourth-order valence-electron chi connectivity index (χ4n) is 2.23. The first kappa shape index (κ1) is 18.0. The summed E-state index contributed by atoms with van der Waals surface area (Å²) in [6, 6.07) is 1.71. The second kappa shape index (κ2) is 6.81. The molecule has 1 aliphatic heterocycles. The number of rotatable bonds is 5. The first-order valence-corrected chi connectivity index (χ1v) is 7.47. The van der Waals surface area contributed by atoms with Crippen LogP contribution in [0.2, 0.25) is 0 Å². The predicted molar refractivity (Wildman–Crippen MR) is 77.1 cm³/mol. The van der Waals surface area contributed by atoms with Crippen molar-refractivity contribution >= 4 is 5.91 Å². The van der Waals surface area contributed by atoms with Gasteiger partial charge in [0.1, 0.15) is 18.2 Å². The van der Waals surface area contributed by atoms with Crippen LogP contribution in [0.4, 0.5) is 17.6 Å². The summed E-state index contributed by atoms with van der Waals surface area (Å²) in [6.07, 6.45) is -3.70. The van der Waals surface area contributed by atoms with E-state index < -0.39 is 30.4 Å². The Morgan fingerprint density at radius 2 is 2.19 bits per heavy atom. The highest BCUT2D eigenvalue weighted by atomic mass is 19.4. The van der Waals surface area contributed by atoms with Crippen LogP contribution in [-0.2, 0) is 6.61 Å². The molecule has 140 valence electrons. The summed E-state index contributed by atoms with van der Waals surface area (Å²) in [5, 5.41) is 0. The lowest BCUT2D eigenvalue weighted by atomic mass is 10.0. The van der Waals surface area contributed by atoms with Crippen molar-refractivity contribution in [3.63, 3.8) is 0 Å². The van der Waals surface area contributed by atoms with E-state index in [0.29, 0.717) is 0 Å². The number of carbonyl (C=O) groups is 1. The zero-order valence-corrected chi connectivity index (χ0v) is 13.4. The highest BCUT2D eigenvalue weighted by Gasteiger charge is 2.40. The van der Waals surface area contributed by atoms with E-state index in [1.54, 1.807) is 6.92 Å². The Bertz CT molecular complexity index is 778. The van der Waals surface area contributed by atoms with Gasteiger partial charge in [-0.05, 0) is 13.0 Å². The zero-order chi connectivity index (χ0) is 18.9. The standard InChI is InChI=1S/C15H13F4N3O4/c1-8-10(16)5-22(8)14(23)11-6-25-13(21-11)7-24-9-2-3-12(20-4-9)26-15(17,18)19/h2-4,6,8,10H,5,7H2,1H3. The van der Waals surface area contributed by atoms with Crippen molar-refractivity contribution in [3.8, 4) is 11.6 Å². The molecule has 2 unspecified atom stereocenters. The summed E-state index contributed by atoms with van der Waals surface area (Å²) in [6.45, 7) is 1.43. The molecule has 0 saturated carbocycles. The van der Waals surface area contributed by atoms with Crippen LogP contribution in [0.15, 0.2) is 29.0 Å². The molecular formula is C15H13F4N3O4. The molecule has 2 aromatic rings. The van der Waals surface area contributed by atoms with E-state index in [1.807, 2.05) is 0 Å². The second-order valence-electron chi connectivity index (χ2n) is 5.51. The Labute approximate surface area is 144 Å². The van der Waals surface area contributed by atoms with Gasteiger partial charge in [-0.1, -0.05) is 0 Å². The number of halogens is 4. The van der Waals surface area contributed by atoms with Crippen LogP contribution in [0.3, 0.4) is 0 Å². The highest BCUT2D eigenvalue weighted by Crippen LogP contribution is 2.24. The van der Waals surface area contributed by atoms with Gasteiger partial charge in [-0.2, -0.15) is 0 Å². The van der Waals surface area contributed by atoms with E-state index >= 15 is 0 Å². The molecular weight excluding hydrogens is 362 g/mol. The molecule has 0 bridgehead atoms. The van der Waals surface area contributed by atoms with Crippen molar-refractivity contribution in [2.45, 2.75) is 32.1 Å². The molecule has 7 nitrogen and oxygen atoms in total. The van der Waals surface area contributed by atoms with Crippen molar-refractivity contribution < 1.29 is 36.2 Å². The Hall–Kier alpha value is -2.85. The van der Waals surface area contributed by atoms with Crippen LogP contribution in [0, 0.1) is 0 Å². The largest absolute Gasteiger partial charge is 0.574 e. The molecule has 1 fully saturated rings. The van der Waals surface area contributed by atoms with Crippen molar-refractivity contribution in [1.82, 2.24) is 14.9 Å². The van der Waals surface area contributed by atoms with Crippen LogP contribution in [0.1, 0.15) is 23.3 Å². The van der Waals surface area contributed by atoms with Gasteiger partial charge in [0.2, 0.25) is 11.8 Å². The van der Waals surface area contributed by atoms with E-state index in [2.05, 4.69) is 14.7 Å². The lowest BCUT2D eigenvalue weighted by Crippen LogP contribution is -2.58. The van der Waals surface area contributed by atoms with Gasteiger partial charge in [0.25, 0.3) is 5.91 Å². The molecule has 1 saturated heterocycles. The maximum atomic E-state index is 13.1. The summed E-state index contributed by atoms with van der Waals surface area (Å²) in [5.41, 5.74) is 0.0226. The van der Waals surface area contributed by atoms with Gasteiger partial charge in [-0.15, -0.1) is 13.2 Å². The van der Waals surface area contributed by atoms with Gasteiger partial charge in [-0.3, -0.25) is 4.79 Å². The number of pyridine rings is 1. The smallest absolute Gasteiger partial charge is 0.482 e. The molecule has 3 rings (SSSR count). The lowest BCUT2D eigenvalue weighted by molar-refractivity contribution is -0.276. The number of amides is 1. The van der Waals surface area contributed by atoms with Gasteiger partial charge >= 0.3 is 6.36 Å². The maximum Gasteiger partial charge on any atom is 0.574 e. The number of aromatic nitrogens is 2. The number of alkyl halides is 4. The third-order valence-corrected chi connectivity index (χ3v) is 3.71. The quantitative estimate of drug-likeness (QED) is 0.748. The van der Waals surface area contributed by atoms with Crippen molar-refractivity contribution in [2.24, 2.45) is 0 Å². The van der Waals surface area contributed by atoms with Crippen molar-refractivity contribution in [3.05, 3.63) is 36.2 Å². The number of likely N-dealkylation sites (tertiary alicyclic amines) is 1. The van der Waals surface area contributed by atoms with E-state index in [4.69, 9.17) is 9.15 Å². The number of nitrogens with zero attached hydrogens (tertiary/aromatic N) is 3. The Balaban J connectivity index is 1.54. The first-order chi connectivity index (χ1) is 12.2.